The first-order chi connectivity index (χ1) is 7.47. The van der Waals surface area contributed by atoms with Gasteiger partial charge in [0.2, 0.25) is 0 Å². The van der Waals surface area contributed by atoms with E-state index in [9.17, 15) is 9.59 Å². The fraction of sp³-hybridized carbons (Fsp3) is 0.600. The lowest BCUT2D eigenvalue weighted by atomic mass is 10.2. The van der Waals surface area contributed by atoms with Gasteiger partial charge in [0.05, 0.1) is 0 Å². The van der Waals surface area contributed by atoms with E-state index in [1.54, 1.807) is 11.8 Å². The molecular weight excluding hydrogens is 228 g/mol. The first-order valence-electron chi connectivity index (χ1n) is 4.89. The highest BCUT2D eigenvalue weighted by atomic mass is 32.2. The van der Waals surface area contributed by atoms with Crippen LogP contribution in [0, 0.1) is 0 Å². The highest BCUT2D eigenvalue weighted by molar-refractivity contribution is 7.98. The molecule has 0 fully saturated rings. The van der Waals surface area contributed by atoms with Crippen LogP contribution in [-0.4, -0.2) is 35.2 Å². The van der Waals surface area contributed by atoms with Crippen LogP contribution < -0.4 is 10.6 Å². The molecule has 0 bridgehead atoms. The number of hydrogen-bond acceptors (Lipinski definition) is 3. The molecule has 0 spiro atoms. The molecule has 92 valence electrons. The second-order valence-corrected chi connectivity index (χ2v) is 4.50. The Hall–Kier alpha value is -1.17. The topological polar surface area (TPSA) is 78.4 Å². The zero-order chi connectivity index (χ0) is 12.6. The second-order valence-electron chi connectivity index (χ2n) is 3.51. The van der Waals surface area contributed by atoms with Gasteiger partial charge in [0.25, 0.3) is 0 Å². The van der Waals surface area contributed by atoms with Crippen molar-refractivity contribution in [3.8, 4) is 0 Å². The lowest BCUT2D eigenvalue weighted by Gasteiger charge is -2.13. The van der Waals surface area contributed by atoms with Crippen molar-refractivity contribution in [1.82, 2.24) is 10.6 Å². The van der Waals surface area contributed by atoms with E-state index in [1.165, 1.54) is 6.20 Å². The maximum Gasteiger partial charge on any atom is 0.326 e. The molecule has 0 aliphatic heterocycles. The van der Waals surface area contributed by atoms with Crippen molar-refractivity contribution < 1.29 is 14.7 Å². The summed E-state index contributed by atoms with van der Waals surface area (Å²) in [4.78, 5) is 22.1. The van der Waals surface area contributed by atoms with E-state index >= 15 is 0 Å². The van der Waals surface area contributed by atoms with Crippen molar-refractivity contribution in [2.45, 2.75) is 26.3 Å². The van der Waals surface area contributed by atoms with E-state index in [1.807, 2.05) is 20.1 Å². The number of carbonyl (C=O) groups is 2. The molecule has 0 radical (unpaired) electrons. The maximum atomic E-state index is 11.3. The Kier molecular flexibility index (Phi) is 7.45. The lowest BCUT2D eigenvalue weighted by Crippen LogP contribution is -2.44. The standard InChI is InChI=1S/C10H18N2O3S/c1-7(2)6-11-10(15)12-8(9(13)14)4-5-16-3/h6,8H,4-5H2,1-3H3,(H,13,14)(H2,11,12,15). The molecule has 0 saturated heterocycles. The van der Waals surface area contributed by atoms with Gasteiger partial charge in [-0.1, -0.05) is 5.57 Å². The first-order valence-corrected chi connectivity index (χ1v) is 6.29. The average molecular weight is 246 g/mol. The first kappa shape index (κ1) is 14.8. The van der Waals surface area contributed by atoms with Crippen molar-refractivity contribution in [3.63, 3.8) is 0 Å². The van der Waals surface area contributed by atoms with Crippen molar-refractivity contribution in [1.29, 1.82) is 0 Å². The Balaban J connectivity index is 4.13. The fourth-order valence-corrected chi connectivity index (χ4v) is 1.37. The SMILES string of the molecule is CSCCC(NC(=O)NC=C(C)C)C(=O)O. The van der Waals surface area contributed by atoms with Crippen molar-refractivity contribution >= 4 is 23.8 Å². The highest BCUT2D eigenvalue weighted by Crippen LogP contribution is 2.00. The number of carboxylic acids is 1. The molecule has 0 aromatic heterocycles. The molecule has 0 aliphatic rings. The van der Waals surface area contributed by atoms with Gasteiger partial charge in [-0.15, -0.1) is 0 Å². The molecule has 0 saturated carbocycles. The number of aliphatic carboxylic acids is 1. The third-order valence-electron chi connectivity index (χ3n) is 1.71. The summed E-state index contributed by atoms with van der Waals surface area (Å²) in [7, 11) is 0. The summed E-state index contributed by atoms with van der Waals surface area (Å²) in [5, 5.41) is 13.7. The lowest BCUT2D eigenvalue weighted by molar-refractivity contribution is -0.139. The summed E-state index contributed by atoms with van der Waals surface area (Å²) in [5.74, 6) is -0.318. The predicted octanol–water partition coefficient (Wildman–Crippen LogP) is 1.42. The minimum absolute atomic E-state index is 0.415. The van der Waals surface area contributed by atoms with Gasteiger partial charge < -0.3 is 15.7 Å². The van der Waals surface area contributed by atoms with Gasteiger partial charge in [-0.3, -0.25) is 0 Å². The number of rotatable bonds is 6. The van der Waals surface area contributed by atoms with E-state index in [0.29, 0.717) is 12.2 Å². The molecule has 0 heterocycles. The Morgan fingerprint density at radius 2 is 2.06 bits per heavy atom. The van der Waals surface area contributed by atoms with Crippen LogP contribution in [0.3, 0.4) is 0 Å². The minimum atomic E-state index is -1.01. The van der Waals surface area contributed by atoms with Crippen molar-refractivity contribution in [3.05, 3.63) is 11.8 Å². The number of thioether (sulfide) groups is 1. The molecule has 0 aromatic carbocycles. The van der Waals surface area contributed by atoms with Gasteiger partial charge in [-0.05, 0) is 32.3 Å². The van der Waals surface area contributed by atoms with E-state index in [4.69, 9.17) is 5.11 Å². The van der Waals surface area contributed by atoms with Crippen LogP contribution in [0.25, 0.3) is 0 Å². The summed E-state index contributed by atoms with van der Waals surface area (Å²) in [5.41, 5.74) is 0.936. The molecular formula is C10H18N2O3S. The number of carboxylic acid groups (broad SMARTS) is 1. The zero-order valence-corrected chi connectivity index (χ0v) is 10.6. The minimum Gasteiger partial charge on any atom is -0.480 e. The molecule has 16 heavy (non-hydrogen) atoms. The van der Waals surface area contributed by atoms with Gasteiger partial charge in [-0.25, -0.2) is 9.59 Å². The largest absolute Gasteiger partial charge is 0.480 e. The zero-order valence-electron chi connectivity index (χ0n) is 9.74. The van der Waals surface area contributed by atoms with E-state index in [0.717, 1.165) is 5.57 Å². The molecule has 6 heteroatoms. The Morgan fingerprint density at radius 1 is 1.44 bits per heavy atom. The number of nitrogens with one attached hydrogen (secondary N) is 2. The van der Waals surface area contributed by atoms with Gasteiger partial charge >= 0.3 is 12.0 Å². The van der Waals surface area contributed by atoms with Gasteiger partial charge in [-0.2, -0.15) is 11.8 Å². The Bertz CT molecular complexity index is 275. The van der Waals surface area contributed by atoms with Crippen LogP contribution in [-0.2, 0) is 4.79 Å². The van der Waals surface area contributed by atoms with Crippen LogP contribution in [0.4, 0.5) is 4.79 Å². The third-order valence-corrected chi connectivity index (χ3v) is 2.35. The third kappa shape index (κ3) is 7.17. The van der Waals surface area contributed by atoms with Gasteiger partial charge in [0, 0.05) is 6.20 Å². The van der Waals surface area contributed by atoms with Crippen LogP contribution in [0.1, 0.15) is 20.3 Å². The van der Waals surface area contributed by atoms with Crippen molar-refractivity contribution in [2.75, 3.05) is 12.0 Å². The summed E-state index contributed by atoms with van der Waals surface area (Å²) in [6.45, 7) is 3.67. The summed E-state index contributed by atoms with van der Waals surface area (Å²) < 4.78 is 0. The molecule has 1 atom stereocenters. The van der Waals surface area contributed by atoms with Crippen LogP contribution in [0.15, 0.2) is 11.8 Å². The normalized spacial score (nSPS) is 11.4. The molecule has 2 amide bonds. The van der Waals surface area contributed by atoms with Crippen molar-refractivity contribution in [2.24, 2.45) is 0 Å². The van der Waals surface area contributed by atoms with E-state index < -0.39 is 18.0 Å². The van der Waals surface area contributed by atoms with E-state index in [-0.39, 0.29) is 0 Å². The maximum absolute atomic E-state index is 11.3. The second kappa shape index (κ2) is 8.04. The Labute approximate surface area is 99.7 Å². The Morgan fingerprint density at radius 3 is 2.50 bits per heavy atom. The van der Waals surface area contributed by atoms with Crippen LogP contribution in [0.2, 0.25) is 0 Å². The molecule has 3 N–H and O–H groups in total. The molecule has 1 unspecified atom stereocenters. The number of urea groups is 1. The van der Waals surface area contributed by atoms with Gasteiger partial charge in [0.15, 0.2) is 0 Å². The number of amides is 2. The quantitative estimate of drug-likeness (QED) is 0.662. The summed E-state index contributed by atoms with van der Waals surface area (Å²) >= 11 is 1.55. The molecule has 0 aromatic rings. The summed E-state index contributed by atoms with van der Waals surface area (Å²) in [6.07, 6.45) is 3.84. The number of carbonyl (C=O) groups excluding carboxylic acids is 1. The van der Waals surface area contributed by atoms with E-state index in [2.05, 4.69) is 10.6 Å². The predicted molar refractivity (Wildman–Crippen MR) is 65.5 cm³/mol. The monoisotopic (exact) mass is 246 g/mol. The fourth-order valence-electron chi connectivity index (χ4n) is 0.903. The average Bonchev–Trinajstić information content (AvgIpc) is 2.20. The molecule has 0 aliphatic carbocycles. The molecule has 5 nitrogen and oxygen atoms in total. The number of hydrogen-bond donors (Lipinski definition) is 3. The van der Waals surface area contributed by atoms with Crippen LogP contribution in [0.5, 0.6) is 0 Å². The highest BCUT2D eigenvalue weighted by Gasteiger charge is 2.18. The smallest absolute Gasteiger partial charge is 0.326 e. The number of allylic oxidation sites excluding steroid dienone is 1. The molecule has 0 rings (SSSR count). The summed E-state index contributed by atoms with van der Waals surface area (Å²) in [6, 6.07) is -1.33. The van der Waals surface area contributed by atoms with Crippen LogP contribution >= 0.6 is 11.8 Å². The van der Waals surface area contributed by atoms with Gasteiger partial charge in [0.1, 0.15) is 6.04 Å².